The molecule has 13 heteroatoms. The predicted molar refractivity (Wildman–Crippen MR) is 127 cm³/mol. The quantitative estimate of drug-likeness (QED) is 0.294. The number of nitrogens with zero attached hydrogens (tertiary/aromatic N) is 1. The van der Waals surface area contributed by atoms with Crippen molar-refractivity contribution in [3.63, 3.8) is 0 Å². The Morgan fingerprint density at radius 2 is 1.78 bits per heavy atom. The summed E-state index contributed by atoms with van der Waals surface area (Å²) in [6, 6.07) is -1.43. The molecule has 2 fully saturated rings. The van der Waals surface area contributed by atoms with Gasteiger partial charge >= 0.3 is 6.09 Å². The van der Waals surface area contributed by atoms with Gasteiger partial charge in [-0.05, 0) is 47.2 Å². The topological polar surface area (TPSA) is 146 Å². The molecule has 3 N–H and O–H groups in total. The zero-order valence-corrected chi connectivity index (χ0v) is 22.4. The maximum atomic E-state index is 12.8. The molecular formula is C23H43N3O10. The zero-order chi connectivity index (χ0) is 26.9. The van der Waals surface area contributed by atoms with E-state index in [2.05, 4.69) is 10.6 Å². The van der Waals surface area contributed by atoms with Gasteiger partial charge in [-0.15, -0.1) is 0 Å². The highest BCUT2D eigenvalue weighted by Gasteiger charge is 2.58. The second-order valence-electron chi connectivity index (χ2n) is 10.0. The van der Waals surface area contributed by atoms with Crippen LogP contribution < -0.4 is 10.6 Å². The third-order valence-corrected chi connectivity index (χ3v) is 6.01. The van der Waals surface area contributed by atoms with Crippen LogP contribution in [0.3, 0.4) is 0 Å². The Morgan fingerprint density at radius 3 is 2.33 bits per heavy atom. The molecule has 0 radical (unpaired) electrons. The number of alkyl carbamates (subject to hydrolysis) is 1. The first-order valence-electron chi connectivity index (χ1n) is 12.0. The first-order chi connectivity index (χ1) is 17.0. The number of rotatable bonds is 12. The minimum Gasteiger partial charge on any atom is -0.444 e. The number of nitrogens with one attached hydrogen (secondary N) is 2. The van der Waals surface area contributed by atoms with Gasteiger partial charge in [0.15, 0.2) is 6.29 Å². The molecule has 0 aliphatic carbocycles. The van der Waals surface area contributed by atoms with E-state index >= 15 is 0 Å². The Hall–Kier alpha value is -1.58. The van der Waals surface area contributed by atoms with E-state index < -0.39 is 41.8 Å². The number of carbonyl (C=O) groups excluding carboxylic acids is 2. The fourth-order valence-electron chi connectivity index (χ4n) is 4.47. The molecule has 13 nitrogen and oxygen atoms in total. The molecule has 0 spiro atoms. The van der Waals surface area contributed by atoms with Crippen molar-refractivity contribution >= 4 is 12.0 Å². The lowest BCUT2D eigenvalue weighted by atomic mass is 9.82. The van der Waals surface area contributed by atoms with E-state index in [-0.39, 0.29) is 38.7 Å². The standard InChI is InChI=1S/C23H43N3O10/c1-22(2,3)36-21(28)25-17-20(34-14-32-7)35-16(11-24-19(27)15-9-8-10-26(15)4)18(33-13-31-6)23(17,29)12-30-5/h15-18,20,29H,8-14H2,1-7H3,(H,24,27)(H,25,28)/t15-,16+,17-,18+,20?,23+/m0/s1. The molecule has 2 amide bonds. The van der Waals surface area contributed by atoms with Crippen molar-refractivity contribution in [2.24, 2.45) is 0 Å². The first kappa shape index (κ1) is 30.6. The van der Waals surface area contributed by atoms with Gasteiger partial charge < -0.3 is 48.9 Å². The molecule has 0 aromatic rings. The number of hydrogen-bond acceptors (Lipinski definition) is 11. The largest absolute Gasteiger partial charge is 0.444 e. The van der Waals surface area contributed by atoms with Crippen molar-refractivity contribution in [2.45, 2.75) is 75.4 Å². The molecule has 2 aliphatic heterocycles. The molecule has 2 saturated heterocycles. The minimum atomic E-state index is -1.86. The Kier molecular flexibility index (Phi) is 11.8. The lowest BCUT2D eigenvalue weighted by molar-refractivity contribution is -0.326. The number of likely N-dealkylation sites (tertiary alicyclic amines) is 1. The number of amides is 2. The van der Waals surface area contributed by atoms with Crippen LogP contribution in [0, 0.1) is 0 Å². The van der Waals surface area contributed by atoms with Crippen molar-refractivity contribution in [2.75, 3.05) is 61.7 Å². The molecule has 210 valence electrons. The van der Waals surface area contributed by atoms with Crippen LogP contribution in [0.2, 0.25) is 0 Å². The van der Waals surface area contributed by atoms with Crippen molar-refractivity contribution in [1.29, 1.82) is 0 Å². The Bertz CT molecular complexity index is 706. The summed E-state index contributed by atoms with van der Waals surface area (Å²) in [6.07, 6.45) is -2.25. The average molecular weight is 522 g/mol. The van der Waals surface area contributed by atoms with Crippen molar-refractivity contribution in [3.05, 3.63) is 0 Å². The summed E-state index contributed by atoms with van der Waals surface area (Å²) in [5, 5.41) is 17.5. The van der Waals surface area contributed by atoms with Crippen LogP contribution in [0.5, 0.6) is 0 Å². The third kappa shape index (κ3) is 8.21. The molecule has 0 aromatic carbocycles. The van der Waals surface area contributed by atoms with Gasteiger partial charge in [0.05, 0.1) is 12.6 Å². The van der Waals surface area contributed by atoms with Crippen LogP contribution in [0.15, 0.2) is 0 Å². The SMILES string of the molecule is COCOC1O[C@H](CNC(=O)[C@@H]2CCCN2C)[C@@H](OCOC)[C@@](O)(COC)[C@H]1NC(=O)OC(C)(C)C. The molecular weight excluding hydrogens is 478 g/mol. The van der Waals surface area contributed by atoms with Gasteiger partial charge in [-0.3, -0.25) is 9.69 Å². The van der Waals surface area contributed by atoms with Gasteiger partial charge in [-0.2, -0.15) is 0 Å². The Morgan fingerprint density at radius 1 is 1.11 bits per heavy atom. The fourth-order valence-corrected chi connectivity index (χ4v) is 4.47. The van der Waals surface area contributed by atoms with Gasteiger partial charge in [0.1, 0.15) is 43.0 Å². The van der Waals surface area contributed by atoms with Gasteiger partial charge in [0.25, 0.3) is 0 Å². The Balaban J connectivity index is 2.32. The maximum Gasteiger partial charge on any atom is 0.408 e. The second kappa shape index (κ2) is 13.8. The lowest BCUT2D eigenvalue weighted by Gasteiger charge is -2.51. The summed E-state index contributed by atoms with van der Waals surface area (Å²) >= 11 is 0. The molecule has 2 heterocycles. The highest BCUT2D eigenvalue weighted by molar-refractivity contribution is 5.82. The van der Waals surface area contributed by atoms with Crippen molar-refractivity contribution in [3.8, 4) is 0 Å². The van der Waals surface area contributed by atoms with E-state index in [1.165, 1.54) is 21.3 Å². The summed E-state index contributed by atoms with van der Waals surface area (Å²) in [4.78, 5) is 27.5. The van der Waals surface area contributed by atoms with Crippen LogP contribution in [-0.4, -0.2) is 125 Å². The minimum absolute atomic E-state index is 0.00950. The molecule has 2 rings (SSSR count). The van der Waals surface area contributed by atoms with Crippen molar-refractivity contribution in [1.82, 2.24) is 15.5 Å². The Labute approximate surface area is 213 Å². The third-order valence-electron chi connectivity index (χ3n) is 6.01. The predicted octanol–water partition coefficient (Wildman–Crippen LogP) is -0.198. The first-order valence-corrected chi connectivity index (χ1v) is 12.0. The van der Waals surface area contributed by atoms with Gasteiger partial charge in [0.2, 0.25) is 5.91 Å². The number of ether oxygens (including phenoxy) is 7. The molecule has 1 unspecified atom stereocenters. The highest BCUT2D eigenvalue weighted by Crippen LogP contribution is 2.34. The second-order valence-corrected chi connectivity index (χ2v) is 10.0. The fraction of sp³-hybridized carbons (Fsp3) is 0.913. The maximum absolute atomic E-state index is 12.8. The summed E-state index contributed by atoms with van der Waals surface area (Å²) in [5.41, 5.74) is -2.64. The molecule has 36 heavy (non-hydrogen) atoms. The number of likely N-dealkylation sites (N-methyl/N-ethyl adjacent to an activating group) is 1. The van der Waals surface area contributed by atoms with E-state index in [1.54, 1.807) is 20.8 Å². The smallest absolute Gasteiger partial charge is 0.408 e. The number of methoxy groups -OCH3 is 3. The normalized spacial score (nSPS) is 31.3. The van der Waals surface area contributed by atoms with E-state index in [0.29, 0.717) is 0 Å². The van der Waals surface area contributed by atoms with Crippen LogP contribution in [-0.2, 0) is 38.0 Å². The van der Waals surface area contributed by atoms with Gasteiger partial charge in [-0.1, -0.05) is 0 Å². The van der Waals surface area contributed by atoms with Crippen LogP contribution >= 0.6 is 0 Å². The van der Waals surface area contributed by atoms with E-state index in [0.717, 1.165) is 19.4 Å². The molecule has 6 atom stereocenters. The van der Waals surface area contributed by atoms with Crippen LogP contribution in [0.25, 0.3) is 0 Å². The van der Waals surface area contributed by atoms with Crippen LogP contribution in [0.1, 0.15) is 33.6 Å². The van der Waals surface area contributed by atoms with Crippen molar-refractivity contribution < 1.29 is 47.9 Å². The van der Waals surface area contributed by atoms with E-state index in [9.17, 15) is 14.7 Å². The summed E-state index contributed by atoms with van der Waals surface area (Å²) in [6.45, 7) is 5.38. The summed E-state index contributed by atoms with van der Waals surface area (Å²) < 4.78 is 38.5. The average Bonchev–Trinajstić information content (AvgIpc) is 3.22. The van der Waals surface area contributed by atoms with Gasteiger partial charge in [-0.25, -0.2) is 4.79 Å². The highest BCUT2D eigenvalue weighted by atomic mass is 16.8. The summed E-state index contributed by atoms with van der Waals surface area (Å²) in [7, 11) is 6.17. The van der Waals surface area contributed by atoms with Gasteiger partial charge in [0, 0.05) is 27.9 Å². The zero-order valence-electron chi connectivity index (χ0n) is 22.4. The molecule has 2 aliphatic rings. The molecule has 0 aromatic heterocycles. The van der Waals surface area contributed by atoms with E-state index in [4.69, 9.17) is 33.2 Å². The van der Waals surface area contributed by atoms with E-state index in [1.807, 2.05) is 11.9 Å². The lowest BCUT2D eigenvalue weighted by Crippen LogP contribution is -2.75. The molecule has 0 saturated carbocycles. The summed E-state index contributed by atoms with van der Waals surface area (Å²) in [5.74, 6) is -0.150. The number of aliphatic hydroxyl groups is 1. The monoisotopic (exact) mass is 521 g/mol. The number of hydrogen-bond donors (Lipinski definition) is 3. The van der Waals surface area contributed by atoms with Crippen LogP contribution in [0.4, 0.5) is 4.79 Å². The number of carbonyl (C=O) groups is 2. The molecule has 0 bridgehead atoms.